The highest BCUT2D eigenvalue weighted by Gasteiger charge is 2.14. The van der Waals surface area contributed by atoms with E-state index in [9.17, 15) is 0 Å². The van der Waals surface area contributed by atoms with Crippen LogP contribution in [0.1, 0.15) is 0 Å². The molecule has 0 saturated carbocycles. The summed E-state index contributed by atoms with van der Waals surface area (Å²) in [6, 6.07) is 21.0. The molecule has 0 aliphatic rings. The summed E-state index contributed by atoms with van der Waals surface area (Å²) in [5.41, 5.74) is 0. The zero-order valence-electron chi connectivity index (χ0n) is 8.47. The predicted molar refractivity (Wildman–Crippen MR) is 68.9 cm³/mol. The van der Waals surface area contributed by atoms with Gasteiger partial charge in [0.15, 0.2) is 10.5 Å². The van der Waals surface area contributed by atoms with Crippen LogP contribution in [0.15, 0.2) is 60.7 Å². The van der Waals surface area contributed by atoms with Gasteiger partial charge in [0.1, 0.15) is 0 Å². The minimum atomic E-state index is -1.42. The molecule has 0 saturated heterocycles. The molecule has 0 unspecified atom stereocenters. The van der Waals surface area contributed by atoms with E-state index < -0.39 is 9.04 Å². The third kappa shape index (κ3) is 2.44. The maximum Gasteiger partial charge on any atom is 0.228 e. The molecule has 1 nitrogen and oxygen atoms in total. The zero-order valence-corrected chi connectivity index (χ0v) is 11.0. The molecule has 1 radical (unpaired) electrons. The van der Waals surface area contributed by atoms with Gasteiger partial charge in [0.25, 0.3) is 0 Å². The maximum absolute atomic E-state index is 5.69. The molecule has 0 aliphatic heterocycles. The van der Waals surface area contributed by atoms with Crippen molar-refractivity contribution in [3.8, 4) is 0 Å². The maximum atomic E-state index is 5.69. The summed E-state index contributed by atoms with van der Waals surface area (Å²) in [7, 11) is 0.185. The van der Waals surface area contributed by atoms with Crippen molar-refractivity contribution in [3.63, 3.8) is 0 Å². The molecule has 15 heavy (non-hydrogen) atoms. The van der Waals surface area contributed by atoms with Crippen LogP contribution in [-0.2, 0) is 4.12 Å². The fourth-order valence-electron chi connectivity index (χ4n) is 1.64. The Labute approximate surface area is 95.0 Å². The van der Waals surface area contributed by atoms with Gasteiger partial charge in [0.05, 0.1) is 0 Å². The average Bonchev–Trinajstić information content (AvgIpc) is 2.33. The molecular formula is C12H13OSi2. The van der Waals surface area contributed by atoms with Crippen LogP contribution in [0, 0.1) is 0 Å². The van der Waals surface area contributed by atoms with E-state index in [-0.39, 0.29) is 0 Å². The standard InChI is InChI=1S/C12H13OSi2/c14-13-15(11-7-3-1-4-8-11)12-9-5-2-6-10-12/h1-10,15H,14H2. The van der Waals surface area contributed by atoms with Gasteiger partial charge in [-0.1, -0.05) is 60.7 Å². The van der Waals surface area contributed by atoms with E-state index in [0.29, 0.717) is 0 Å². The highest BCUT2D eigenvalue weighted by Crippen LogP contribution is 1.92. The Morgan fingerprint density at radius 1 is 0.733 bits per heavy atom. The summed E-state index contributed by atoms with van der Waals surface area (Å²) in [6.07, 6.45) is 0. The first-order chi connectivity index (χ1) is 7.42. The minimum Gasteiger partial charge on any atom is -0.457 e. The van der Waals surface area contributed by atoms with E-state index in [2.05, 4.69) is 48.5 Å². The Hall–Kier alpha value is -1.17. The molecule has 0 heterocycles. The normalized spacial score (nSPS) is 10.5. The molecule has 0 bridgehead atoms. The Morgan fingerprint density at radius 2 is 1.13 bits per heavy atom. The molecular weight excluding hydrogens is 216 g/mol. The molecule has 0 aliphatic carbocycles. The fourth-order valence-corrected chi connectivity index (χ4v) is 4.71. The van der Waals surface area contributed by atoms with Crippen molar-refractivity contribution in [2.24, 2.45) is 0 Å². The highest BCUT2D eigenvalue weighted by molar-refractivity contribution is 6.81. The fraction of sp³-hybridized carbons (Fsp3) is 0. The molecule has 0 N–H and O–H groups in total. The summed E-state index contributed by atoms with van der Waals surface area (Å²) in [5.74, 6) is 0. The van der Waals surface area contributed by atoms with E-state index in [4.69, 9.17) is 4.12 Å². The van der Waals surface area contributed by atoms with Gasteiger partial charge in [-0.05, 0) is 10.4 Å². The molecule has 2 aromatic carbocycles. The summed E-state index contributed by atoms with van der Waals surface area (Å²) in [6.45, 7) is 0. The van der Waals surface area contributed by atoms with Gasteiger partial charge in [0.2, 0.25) is 9.04 Å². The number of hydrogen-bond acceptors (Lipinski definition) is 1. The van der Waals surface area contributed by atoms with E-state index >= 15 is 0 Å². The first-order valence-electron chi connectivity index (χ1n) is 4.92. The lowest BCUT2D eigenvalue weighted by molar-refractivity contribution is 0.661. The molecule has 0 aromatic heterocycles. The number of hydrogen-bond donors (Lipinski definition) is 0. The van der Waals surface area contributed by atoms with Gasteiger partial charge >= 0.3 is 0 Å². The van der Waals surface area contributed by atoms with Gasteiger partial charge in [-0.2, -0.15) is 0 Å². The van der Waals surface area contributed by atoms with Crippen molar-refractivity contribution >= 4 is 29.9 Å². The molecule has 2 rings (SSSR count). The van der Waals surface area contributed by atoms with Crippen molar-refractivity contribution < 1.29 is 4.12 Å². The van der Waals surface area contributed by atoms with Crippen molar-refractivity contribution in [2.45, 2.75) is 0 Å². The number of rotatable bonds is 3. The van der Waals surface area contributed by atoms with Crippen LogP contribution in [0.4, 0.5) is 0 Å². The third-order valence-corrected chi connectivity index (χ3v) is 5.69. The highest BCUT2D eigenvalue weighted by atomic mass is 28.3. The van der Waals surface area contributed by atoms with Gasteiger partial charge in [-0.3, -0.25) is 0 Å². The molecule has 0 fully saturated rings. The topological polar surface area (TPSA) is 9.23 Å². The Kier molecular flexibility index (Phi) is 3.50. The lowest BCUT2D eigenvalue weighted by atomic mass is 10.4. The molecule has 75 valence electrons. The Bertz CT molecular complexity index is 363. The van der Waals surface area contributed by atoms with Crippen LogP contribution in [0.3, 0.4) is 0 Å². The number of benzene rings is 2. The minimum absolute atomic E-state index is 1.33. The largest absolute Gasteiger partial charge is 0.457 e. The summed E-state index contributed by atoms with van der Waals surface area (Å²) in [4.78, 5) is 0. The SMILES string of the molecule is [SiH2]O[SiH](c1ccccc1)c1ccccc1. The van der Waals surface area contributed by atoms with Crippen LogP contribution >= 0.6 is 0 Å². The second-order valence-electron chi connectivity index (χ2n) is 3.37. The van der Waals surface area contributed by atoms with Gasteiger partial charge in [-0.15, -0.1) is 0 Å². The predicted octanol–water partition coefficient (Wildman–Crippen LogP) is 0.0893. The van der Waals surface area contributed by atoms with Crippen LogP contribution in [0.25, 0.3) is 0 Å². The zero-order chi connectivity index (χ0) is 10.5. The van der Waals surface area contributed by atoms with Crippen LogP contribution in [-0.4, -0.2) is 19.5 Å². The molecule has 3 heteroatoms. The molecule has 0 spiro atoms. The van der Waals surface area contributed by atoms with Crippen LogP contribution < -0.4 is 10.4 Å². The van der Waals surface area contributed by atoms with Crippen LogP contribution in [0.2, 0.25) is 0 Å². The quantitative estimate of drug-likeness (QED) is 0.678. The van der Waals surface area contributed by atoms with E-state index in [1.54, 1.807) is 10.5 Å². The average molecular weight is 229 g/mol. The molecule has 2 aromatic rings. The lowest BCUT2D eigenvalue weighted by Gasteiger charge is -2.14. The van der Waals surface area contributed by atoms with Crippen molar-refractivity contribution in [1.29, 1.82) is 0 Å². The smallest absolute Gasteiger partial charge is 0.228 e. The first kappa shape index (κ1) is 10.4. The van der Waals surface area contributed by atoms with Gasteiger partial charge in [-0.25, -0.2) is 0 Å². The van der Waals surface area contributed by atoms with Gasteiger partial charge < -0.3 is 4.12 Å². The summed E-state index contributed by atoms with van der Waals surface area (Å²) in [5, 5.41) is 2.66. The second-order valence-corrected chi connectivity index (χ2v) is 6.79. The van der Waals surface area contributed by atoms with E-state index in [1.807, 2.05) is 12.1 Å². The lowest BCUT2D eigenvalue weighted by Crippen LogP contribution is -2.44. The summed E-state index contributed by atoms with van der Waals surface area (Å²) >= 11 is 0. The van der Waals surface area contributed by atoms with Crippen molar-refractivity contribution in [2.75, 3.05) is 0 Å². The van der Waals surface area contributed by atoms with E-state index in [1.165, 1.54) is 10.4 Å². The second kappa shape index (κ2) is 5.07. The third-order valence-electron chi connectivity index (χ3n) is 2.37. The first-order valence-corrected chi connectivity index (χ1v) is 7.13. The molecule has 0 atom stereocenters. The monoisotopic (exact) mass is 229 g/mol. The van der Waals surface area contributed by atoms with Crippen molar-refractivity contribution in [1.82, 2.24) is 0 Å². The van der Waals surface area contributed by atoms with E-state index in [0.717, 1.165) is 0 Å². The molecule has 0 amide bonds. The van der Waals surface area contributed by atoms with Crippen LogP contribution in [0.5, 0.6) is 0 Å². The Balaban J connectivity index is 2.34. The van der Waals surface area contributed by atoms with Gasteiger partial charge in [0, 0.05) is 0 Å². The summed E-state index contributed by atoms with van der Waals surface area (Å²) < 4.78 is 5.69. The Morgan fingerprint density at radius 3 is 1.47 bits per heavy atom. The van der Waals surface area contributed by atoms with Crippen molar-refractivity contribution in [3.05, 3.63) is 60.7 Å².